The summed E-state index contributed by atoms with van der Waals surface area (Å²) in [6, 6.07) is 9.30. The fraction of sp³-hybridized carbons (Fsp3) is 0.550. The second-order valence-electron chi connectivity index (χ2n) is 14.7. The van der Waals surface area contributed by atoms with Gasteiger partial charge in [-0.25, -0.2) is 4.79 Å². The van der Waals surface area contributed by atoms with Crippen molar-refractivity contribution in [3.05, 3.63) is 70.3 Å². The molecule has 294 valence electrons. The molecule has 3 amide bonds. The highest BCUT2D eigenvalue weighted by atomic mass is 16.6. The SMILES string of the molecule is CC(=O)N[C@H]1[C@H]2O[C@](C(=O)O)(C/C=C/c3cccc(c3)[C@@H](NC(=O)[C@H]3CCCOC3)CCCCOc3c(C)cc(cc3C)C(=O)NC[C@@H](O)[C@H]2O)C[C@@H]1O. The summed E-state index contributed by atoms with van der Waals surface area (Å²) < 4.78 is 17.8. The number of carbonyl (C=O) groups is 4. The highest BCUT2D eigenvalue weighted by molar-refractivity contribution is 5.95. The summed E-state index contributed by atoms with van der Waals surface area (Å²) in [4.78, 5) is 51.5. The van der Waals surface area contributed by atoms with Crippen LogP contribution in [0.4, 0.5) is 0 Å². The zero-order chi connectivity index (χ0) is 39.0. The number of fused-ring (bicyclic) bond motifs is 12. The summed E-state index contributed by atoms with van der Waals surface area (Å²) in [5.74, 6) is -2.17. The number of carboxylic acid groups (broad SMARTS) is 1. The second-order valence-corrected chi connectivity index (χ2v) is 14.7. The Kier molecular flexibility index (Phi) is 13.9. The molecule has 0 saturated carbocycles. The van der Waals surface area contributed by atoms with E-state index in [0.717, 1.165) is 41.5 Å². The third-order valence-electron chi connectivity index (χ3n) is 10.4. The predicted octanol–water partition coefficient (Wildman–Crippen LogP) is 2.48. The van der Waals surface area contributed by atoms with Crippen LogP contribution in [0.2, 0.25) is 0 Å². The molecule has 0 aliphatic carbocycles. The average molecular weight is 752 g/mol. The molecule has 0 unspecified atom stereocenters. The molecule has 2 aromatic rings. The molecule has 4 heterocycles. The lowest BCUT2D eigenvalue weighted by molar-refractivity contribution is -0.226. The molecule has 6 rings (SSSR count). The van der Waals surface area contributed by atoms with Gasteiger partial charge in [0.1, 0.15) is 18.0 Å². The number of nitrogens with one attached hydrogen (secondary N) is 3. The number of hydrogen-bond acceptors (Lipinski definition) is 10. The normalized spacial score (nSPS) is 30.5. The maximum atomic E-state index is 13.4. The van der Waals surface area contributed by atoms with Crippen LogP contribution in [0.3, 0.4) is 0 Å². The van der Waals surface area contributed by atoms with Crippen LogP contribution < -0.4 is 20.7 Å². The first-order valence-electron chi connectivity index (χ1n) is 18.7. The Morgan fingerprint density at radius 3 is 2.39 bits per heavy atom. The summed E-state index contributed by atoms with van der Waals surface area (Å²) >= 11 is 0. The van der Waals surface area contributed by atoms with Gasteiger partial charge in [0.05, 0.1) is 43.4 Å². The van der Waals surface area contributed by atoms with Crippen molar-refractivity contribution in [3.63, 3.8) is 0 Å². The van der Waals surface area contributed by atoms with Crippen molar-refractivity contribution < 1.29 is 53.8 Å². The van der Waals surface area contributed by atoms with Gasteiger partial charge >= 0.3 is 5.97 Å². The van der Waals surface area contributed by atoms with Crippen LogP contribution in [0.25, 0.3) is 6.08 Å². The van der Waals surface area contributed by atoms with E-state index >= 15 is 0 Å². The Balaban J connectivity index is 1.48. The molecule has 14 nitrogen and oxygen atoms in total. The lowest BCUT2D eigenvalue weighted by Crippen LogP contribution is -2.67. The molecule has 7 N–H and O–H groups in total. The Labute approximate surface area is 315 Å². The van der Waals surface area contributed by atoms with Gasteiger partial charge in [0.2, 0.25) is 11.8 Å². The van der Waals surface area contributed by atoms with E-state index in [-0.39, 0.29) is 24.3 Å². The minimum Gasteiger partial charge on any atom is -0.493 e. The van der Waals surface area contributed by atoms with Crippen LogP contribution in [0.5, 0.6) is 5.75 Å². The van der Waals surface area contributed by atoms with E-state index < -0.39 is 66.8 Å². The van der Waals surface area contributed by atoms with Crippen molar-refractivity contribution in [2.75, 3.05) is 26.4 Å². The third-order valence-corrected chi connectivity index (χ3v) is 10.4. The monoisotopic (exact) mass is 751 g/mol. The van der Waals surface area contributed by atoms with Gasteiger partial charge in [-0.1, -0.05) is 30.4 Å². The smallest absolute Gasteiger partial charge is 0.336 e. The van der Waals surface area contributed by atoms with Gasteiger partial charge in [-0.2, -0.15) is 0 Å². The number of amides is 3. The summed E-state index contributed by atoms with van der Waals surface area (Å²) in [7, 11) is 0. The van der Waals surface area contributed by atoms with Crippen molar-refractivity contribution in [2.45, 2.75) is 108 Å². The van der Waals surface area contributed by atoms with Gasteiger partial charge < -0.3 is 50.6 Å². The van der Waals surface area contributed by atoms with Crippen LogP contribution in [-0.4, -0.2) is 107 Å². The number of benzene rings is 2. The molecule has 14 heteroatoms. The number of rotatable bonds is 4. The Hall–Kier alpha value is -4.34. The average Bonchev–Trinajstić information content (AvgIpc) is 3.14. The molecule has 2 fully saturated rings. The Morgan fingerprint density at radius 1 is 0.944 bits per heavy atom. The largest absolute Gasteiger partial charge is 0.493 e. The van der Waals surface area contributed by atoms with Crippen LogP contribution in [0, 0.1) is 19.8 Å². The quantitative estimate of drug-likeness (QED) is 0.241. The van der Waals surface area contributed by atoms with Gasteiger partial charge in [-0.15, -0.1) is 0 Å². The number of aliphatic hydroxyl groups excluding tert-OH is 3. The lowest BCUT2D eigenvalue weighted by atomic mass is 9.81. The highest BCUT2D eigenvalue weighted by Crippen LogP contribution is 2.36. The zero-order valence-corrected chi connectivity index (χ0v) is 31.1. The first-order valence-corrected chi connectivity index (χ1v) is 18.7. The first kappa shape index (κ1) is 40.8. The van der Waals surface area contributed by atoms with E-state index in [0.29, 0.717) is 44.0 Å². The van der Waals surface area contributed by atoms with E-state index in [1.54, 1.807) is 24.3 Å². The van der Waals surface area contributed by atoms with Crippen LogP contribution in [0.1, 0.15) is 90.5 Å². The number of aliphatic carboxylic acids is 1. The van der Waals surface area contributed by atoms with Crippen molar-refractivity contribution >= 4 is 29.8 Å². The minimum absolute atomic E-state index is 0.0729. The van der Waals surface area contributed by atoms with Gasteiger partial charge in [-0.05, 0) is 86.4 Å². The Morgan fingerprint density at radius 2 is 1.70 bits per heavy atom. The predicted molar refractivity (Wildman–Crippen MR) is 198 cm³/mol. The molecule has 0 spiro atoms. The van der Waals surface area contributed by atoms with Crippen molar-refractivity contribution in [3.8, 4) is 5.75 Å². The number of ether oxygens (including phenoxy) is 3. The van der Waals surface area contributed by atoms with Gasteiger partial charge in [0.15, 0.2) is 5.60 Å². The molecule has 54 heavy (non-hydrogen) atoms. The van der Waals surface area contributed by atoms with E-state index in [9.17, 15) is 39.6 Å². The zero-order valence-electron chi connectivity index (χ0n) is 31.1. The van der Waals surface area contributed by atoms with Crippen molar-refractivity contribution in [1.29, 1.82) is 0 Å². The number of carbonyl (C=O) groups excluding carboxylic acids is 3. The topological polar surface area (TPSA) is 213 Å². The van der Waals surface area contributed by atoms with Gasteiger partial charge in [0.25, 0.3) is 5.91 Å². The fourth-order valence-corrected chi connectivity index (χ4v) is 7.51. The summed E-state index contributed by atoms with van der Waals surface area (Å²) in [6.07, 6.45) is -0.243. The number of aryl methyl sites for hydroxylation is 2. The Bertz CT molecular complexity index is 1670. The van der Waals surface area contributed by atoms with E-state index in [1.165, 1.54) is 6.92 Å². The number of aliphatic hydroxyl groups is 3. The number of carboxylic acids is 1. The van der Waals surface area contributed by atoms with Crippen molar-refractivity contribution in [2.24, 2.45) is 5.92 Å². The highest BCUT2D eigenvalue weighted by Gasteiger charge is 2.54. The third kappa shape index (κ3) is 10.0. The molecular formula is C40H53N3O11. The summed E-state index contributed by atoms with van der Waals surface area (Å²) in [6.45, 7) is 5.84. The molecule has 8 atom stereocenters. The van der Waals surface area contributed by atoms with Gasteiger partial charge in [-0.3, -0.25) is 14.4 Å². The van der Waals surface area contributed by atoms with E-state index in [4.69, 9.17) is 14.2 Å². The molecule has 6 bridgehead atoms. The maximum Gasteiger partial charge on any atom is 0.336 e. The van der Waals surface area contributed by atoms with Gasteiger partial charge in [0, 0.05) is 38.5 Å². The molecule has 4 aliphatic heterocycles. The molecule has 2 saturated heterocycles. The second kappa shape index (κ2) is 18.3. The maximum absolute atomic E-state index is 13.4. The lowest BCUT2D eigenvalue weighted by Gasteiger charge is -2.47. The van der Waals surface area contributed by atoms with Crippen LogP contribution >= 0.6 is 0 Å². The van der Waals surface area contributed by atoms with E-state index in [1.807, 2.05) is 38.1 Å². The molecule has 0 aromatic heterocycles. The van der Waals surface area contributed by atoms with Crippen LogP contribution in [-0.2, 0) is 23.9 Å². The summed E-state index contributed by atoms with van der Waals surface area (Å²) in [5, 5.41) is 52.4. The van der Waals surface area contributed by atoms with Crippen molar-refractivity contribution in [1.82, 2.24) is 16.0 Å². The standard InChI is InChI=1S/C40H53N3O11/c1-23-17-29-18-24(2)35(23)53-16-5-4-13-30(43-38(49)28-12-8-15-52-22-28)27-11-6-9-26(19-27)10-7-14-40(39(50)51)20-31(45)33(42-25(3)44)36(54-40)34(47)32(46)21-41-37(29)48/h6-7,9-11,17-19,28,30-34,36,45-47H,4-5,8,12-16,20-22H2,1-3H3,(H,41,48)(H,42,44)(H,43,49)(H,50,51)/b10-7+/t28-,30-,31-,32+,33+,34+,36+,40+/m0/s1. The number of hydrogen-bond donors (Lipinski definition) is 7. The molecular weight excluding hydrogens is 698 g/mol. The molecule has 2 aromatic carbocycles. The minimum atomic E-state index is -2.04. The first-order chi connectivity index (χ1) is 25.8. The molecule has 4 aliphatic rings. The van der Waals surface area contributed by atoms with Crippen LogP contribution in [0.15, 0.2) is 42.5 Å². The van der Waals surface area contributed by atoms with E-state index in [2.05, 4.69) is 16.0 Å². The molecule has 0 radical (unpaired) electrons. The summed E-state index contributed by atoms with van der Waals surface area (Å²) in [5.41, 5.74) is 1.32. The fourth-order valence-electron chi connectivity index (χ4n) is 7.51.